The van der Waals surface area contributed by atoms with E-state index in [0.717, 1.165) is 24.3 Å². The van der Waals surface area contributed by atoms with Crippen molar-refractivity contribution in [2.75, 3.05) is 12.3 Å². The zero-order valence-electron chi connectivity index (χ0n) is 11.5. The lowest BCUT2D eigenvalue weighted by Crippen LogP contribution is -2.52. The minimum Gasteiger partial charge on any atom is -0.508 e. The Morgan fingerprint density at radius 3 is 2.80 bits per heavy atom. The average Bonchev–Trinajstić information content (AvgIpc) is 2.41. The van der Waals surface area contributed by atoms with Gasteiger partial charge in [-0.1, -0.05) is 0 Å². The highest BCUT2D eigenvalue weighted by molar-refractivity contribution is 8.00. The van der Waals surface area contributed by atoms with E-state index < -0.39 is 0 Å². The van der Waals surface area contributed by atoms with Gasteiger partial charge in [0.25, 0.3) is 0 Å². The molecule has 1 aliphatic rings. The van der Waals surface area contributed by atoms with Crippen LogP contribution in [-0.2, 0) is 4.79 Å². The quantitative estimate of drug-likeness (QED) is 0.745. The Morgan fingerprint density at radius 1 is 1.45 bits per heavy atom. The van der Waals surface area contributed by atoms with Crippen molar-refractivity contribution in [1.29, 1.82) is 0 Å². The SMILES string of the molecule is CC1NCCCC1NC(=O)CSc1ccc(O)cc1.Cl. The molecule has 0 aliphatic carbocycles. The molecule has 1 aromatic rings. The lowest BCUT2D eigenvalue weighted by atomic mass is 10.00. The van der Waals surface area contributed by atoms with Crippen LogP contribution in [0.5, 0.6) is 5.75 Å². The Morgan fingerprint density at radius 2 is 2.15 bits per heavy atom. The highest BCUT2D eigenvalue weighted by Crippen LogP contribution is 2.20. The number of thioether (sulfide) groups is 1. The maximum atomic E-state index is 11.9. The van der Waals surface area contributed by atoms with Crippen LogP contribution in [0.3, 0.4) is 0 Å². The van der Waals surface area contributed by atoms with Crippen LogP contribution in [0.1, 0.15) is 19.8 Å². The molecule has 1 aromatic carbocycles. The lowest BCUT2D eigenvalue weighted by Gasteiger charge is -2.30. The average molecular weight is 317 g/mol. The predicted molar refractivity (Wildman–Crippen MR) is 84.7 cm³/mol. The molecule has 0 saturated carbocycles. The van der Waals surface area contributed by atoms with E-state index in [0.29, 0.717) is 11.8 Å². The van der Waals surface area contributed by atoms with E-state index in [-0.39, 0.29) is 30.1 Å². The number of rotatable bonds is 4. The number of carbonyl (C=O) groups is 1. The monoisotopic (exact) mass is 316 g/mol. The molecule has 2 atom stereocenters. The number of nitrogens with one attached hydrogen (secondary N) is 2. The van der Waals surface area contributed by atoms with Crippen molar-refractivity contribution in [3.05, 3.63) is 24.3 Å². The summed E-state index contributed by atoms with van der Waals surface area (Å²) in [6, 6.07) is 7.48. The Balaban J connectivity index is 0.00000200. The van der Waals surface area contributed by atoms with Gasteiger partial charge in [0.05, 0.1) is 5.75 Å². The van der Waals surface area contributed by atoms with E-state index in [2.05, 4.69) is 17.6 Å². The van der Waals surface area contributed by atoms with E-state index in [4.69, 9.17) is 0 Å². The van der Waals surface area contributed by atoms with Gasteiger partial charge in [0.15, 0.2) is 0 Å². The number of carbonyl (C=O) groups excluding carboxylic acids is 1. The number of piperidine rings is 1. The number of phenolic OH excluding ortho intramolecular Hbond substituents is 1. The van der Waals surface area contributed by atoms with Gasteiger partial charge in [0, 0.05) is 17.0 Å². The third-order valence-electron chi connectivity index (χ3n) is 3.31. The fourth-order valence-electron chi connectivity index (χ4n) is 2.18. The van der Waals surface area contributed by atoms with Crippen LogP contribution >= 0.6 is 24.2 Å². The lowest BCUT2D eigenvalue weighted by molar-refractivity contribution is -0.119. The normalized spacial score (nSPS) is 21.9. The Kier molecular flexibility index (Phi) is 7.19. The maximum absolute atomic E-state index is 11.9. The number of hydrogen-bond donors (Lipinski definition) is 3. The first-order chi connectivity index (χ1) is 9.15. The van der Waals surface area contributed by atoms with Crippen LogP contribution in [0.4, 0.5) is 0 Å². The van der Waals surface area contributed by atoms with Gasteiger partial charge in [0.2, 0.25) is 5.91 Å². The molecule has 20 heavy (non-hydrogen) atoms. The van der Waals surface area contributed by atoms with E-state index in [1.54, 1.807) is 12.1 Å². The van der Waals surface area contributed by atoms with Crippen molar-refractivity contribution in [2.24, 2.45) is 0 Å². The van der Waals surface area contributed by atoms with Crippen molar-refractivity contribution in [1.82, 2.24) is 10.6 Å². The summed E-state index contributed by atoms with van der Waals surface area (Å²) < 4.78 is 0. The molecule has 0 aromatic heterocycles. The maximum Gasteiger partial charge on any atom is 0.230 e. The second kappa shape index (κ2) is 8.39. The molecule has 1 fully saturated rings. The van der Waals surface area contributed by atoms with E-state index >= 15 is 0 Å². The molecule has 2 rings (SSSR count). The molecule has 3 N–H and O–H groups in total. The number of halogens is 1. The highest BCUT2D eigenvalue weighted by atomic mass is 35.5. The van der Waals surface area contributed by atoms with Crippen molar-refractivity contribution < 1.29 is 9.90 Å². The van der Waals surface area contributed by atoms with Crippen LogP contribution < -0.4 is 10.6 Å². The summed E-state index contributed by atoms with van der Waals surface area (Å²) in [5.41, 5.74) is 0. The summed E-state index contributed by atoms with van der Waals surface area (Å²) >= 11 is 1.48. The van der Waals surface area contributed by atoms with Crippen LogP contribution in [-0.4, -0.2) is 35.4 Å². The van der Waals surface area contributed by atoms with Gasteiger partial charge in [-0.05, 0) is 50.6 Å². The fraction of sp³-hybridized carbons (Fsp3) is 0.500. The zero-order valence-corrected chi connectivity index (χ0v) is 13.1. The van der Waals surface area contributed by atoms with E-state index in [9.17, 15) is 9.90 Å². The Bertz CT molecular complexity index is 428. The van der Waals surface area contributed by atoms with Gasteiger partial charge in [-0.25, -0.2) is 0 Å². The number of amides is 1. The van der Waals surface area contributed by atoms with Gasteiger partial charge >= 0.3 is 0 Å². The van der Waals surface area contributed by atoms with Crippen LogP contribution in [0.25, 0.3) is 0 Å². The molecule has 1 saturated heterocycles. The van der Waals surface area contributed by atoms with Crippen LogP contribution in [0.15, 0.2) is 29.2 Å². The molecule has 112 valence electrons. The number of benzene rings is 1. The summed E-state index contributed by atoms with van der Waals surface area (Å²) in [7, 11) is 0. The zero-order chi connectivity index (χ0) is 13.7. The number of hydrogen-bond acceptors (Lipinski definition) is 4. The van der Waals surface area contributed by atoms with Gasteiger partial charge in [0.1, 0.15) is 5.75 Å². The molecule has 4 nitrogen and oxygen atoms in total. The third kappa shape index (κ3) is 5.23. The summed E-state index contributed by atoms with van der Waals surface area (Å²) in [6.07, 6.45) is 2.16. The third-order valence-corrected chi connectivity index (χ3v) is 4.33. The topological polar surface area (TPSA) is 61.4 Å². The molecular formula is C14H21ClN2O2S. The molecule has 0 radical (unpaired) electrons. The molecular weight excluding hydrogens is 296 g/mol. The van der Waals surface area contributed by atoms with Gasteiger partial charge < -0.3 is 15.7 Å². The summed E-state index contributed by atoms with van der Waals surface area (Å²) in [4.78, 5) is 12.9. The molecule has 0 spiro atoms. The summed E-state index contributed by atoms with van der Waals surface area (Å²) in [5, 5.41) is 15.6. The van der Waals surface area contributed by atoms with E-state index in [1.807, 2.05) is 12.1 Å². The van der Waals surface area contributed by atoms with Gasteiger partial charge in [-0.3, -0.25) is 4.79 Å². The van der Waals surface area contributed by atoms with Crippen LogP contribution in [0, 0.1) is 0 Å². The molecule has 1 heterocycles. The number of aromatic hydroxyl groups is 1. The largest absolute Gasteiger partial charge is 0.508 e. The van der Waals surface area contributed by atoms with Crippen molar-refractivity contribution in [3.63, 3.8) is 0 Å². The molecule has 1 amide bonds. The van der Waals surface area contributed by atoms with Gasteiger partial charge in [-0.2, -0.15) is 0 Å². The smallest absolute Gasteiger partial charge is 0.230 e. The first kappa shape index (κ1) is 17.1. The summed E-state index contributed by atoms with van der Waals surface area (Å²) in [5.74, 6) is 0.725. The summed E-state index contributed by atoms with van der Waals surface area (Å²) in [6.45, 7) is 3.15. The predicted octanol–water partition coefficient (Wildman–Crippen LogP) is 2.16. The fourth-order valence-corrected chi connectivity index (χ4v) is 2.89. The number of phenols is 1. The molecule has 2 unspecified atom stereocenters. The second-order valence-corrected chi connectivity index (χ2v) is 5.89. The van der Waals surface area contributed by atoms with E-state index in [1.165, 1.54) is 11.8 Å². The van der Waals surface area contributed by atoms with Crippen molar-refractivity contribution in [2.45, 2.75) is 36.7 Å². The Labute approximate surface area is 130 Å². The van der Waals surface area contributed by atoms with Crippen molar-refractivity contribution >= 4 is 30.1 Å². The van der Waals surface area contributed by atoms with Crippen LogP contribution in [0.2, 0.25) is 0 Å². The van der Waals surface area contributed by atoms with Crippen molar-refractivity contribution in [3.8, 4) is 5.75 Å². The Hall–Kier alpha value is -0.910. The highest BCUT2D eigenvalue weighted by Gasteiger charge is 2.22. The molecule has 0 bridgehead atoms. The minimum atomic E-state index is 0. The standard InChI is InChI=1S/C14H20N2O2S.ClH/c1-10-13(3-2-8-15-10)16-14(18)9-19-12-6-4-11(17)5-7-12;/h4-7,10,13,15,17H,2-3,8-9H2,1H3,(H,16,18);1H. The first-order valence-electron chi connectivity index (χ1n) is 6.60. The first-order valence-corrected chi connectivity index (χ1v) is 7.58. The molecule has 6 heteroatoms. The molecule has 1 aliphatic heterocycles. The second-order valence-electron chi connectivity index (χ2n) is 4.84. The minimum absolute atomic E-state index is 0. The van der Waals surface area contributed by atoms with Gasteiger partial charge in [-0.15, -0.1) is 24.2 Å².